The number of para-hydroxylation sites is 1. The van der Waals surface area contributed by atoms with Crippen molar-refractivity contribution >= 4 is 29.2 Å². The van der Waals surface area contributed by atoms with Crippen LogP contribution in [0.4, 0.5) is 5.82 Å². The summed E-state index contributed by atoms with van der Waals surface area (Å²) in [6.07, 6.45) is 1.69. The summed E-state index contributed by atoms with van der Waals surface area (Å²) in [5.41, 5.74) is 2.69. The van der Waals surface area contributed by atoms with Gasteiger partial charge in [0.25, 0.3) is 11.8 Å². The van der Waals surface area contributed by atoms with Crippen molar-refractivity contribution in [3.63, 3.8) is 0 Å². The maximum Gasteiger partial charge on any atom is 0.273 e. The second kappa shape index (κ2) is 9.03. The summed E-state index contributed by atoms with van der Waals surface area (Å²) in [6.45, 7) is 0. The van der Waals surface area contributed by atoms with Gasteiger partial charge in [-0.25, -0.2) is 4.68 Å². The lowest BCUT2D eigenvalue weighted by molar-refractivity contribution is 0.0821. The van der Waals surface area contributed by atoms with E-state index in [2.05, 4.69) is 15.4 Å². The summed E-state index contributed by atoms with van der Waals surface area (Å²) in [4.78, 5) is 31.4. The molecule has 0 saturated heterocycles. The van der Waals surface area contributed by atoms with Crippen LogP contribution in [-0.4, -0.2) is 45.6 Å². The molecule has 32 heavy (non-hydrogen) atoms. The fraction of sp³-hybridized carbons (Fsp3) is 0.0833. The fourth-order valence-electron chi connectivity index (χ4n) is 3.15. The number of carbonyl (C=O) groups is 2. The highest BCUT2D eigenvalue weighted by Gasteiger charge is 2.20. The van der Waals surface area contributed by atoms with Crippen LogP contribution in [-0.2, 0) is 0 Å². The molecule has 0 spiro atoms. The third kappa shape index (κ3) is 4.38. The first-order valence-corrected chi connectivity index (χ1v) is 10.2. The van der Waals surface area contributed by atoms with E-state index in [9.17, 15) is 9.59 Å². The Morgan fingerprint density at radius 1 is 0.969 bits per heavy atom. The molecule has 8 heteroatoms. The lowest BCUT2D eigenvalue weighted by Crippen LogP contribution is -2.22. The molecule has 0 aliphatic heterocycles. The van der Waals surface area contributed by atoms with Crippen LogP contribution in [0.25, 0.3) is 16.9 Å². The van der Waals surface area contributed by atoms with Crippen molar-refractivity contribution < 1.29 is 9.59 Å². The van der Waals surface area contributed by atoms with E-state index in [1.165, 1.54) is 9.58 Å². The van der Waals surface area contributed by atoms with Crippen LogP contribution in [0, 0.1) is 0 Å². The summed E-state index contributed by atoms with van der Waals surface area (Å²) >= 11 is 6.33. The smallest absolute Gasteiger partial charge is 0.273 e. The molecule has 0 bridgehead atoms. The highest BCUT2D eigenvalue weighted by atomic mass is 35.5. The number of nitrogens with zero attached hydrogens (tertiary/aromatic N) is 4. The molecule has 4 aromatic rings. The van der Waals surface area contributed by atoms with E-state index in [1.54, 1.807) is 38.5 Å². The quantitative estimate of drug-likeness (QED) is 0.489. The van der Waals surface area contributed by atoms with E-state index >= 15 is 0 Å². The zero-order valence-corrected chi connectivity index (χ0v) is 18.2. The van der Waals surface area contributed by atoms with Crippen LogP contribution in [0.3, 0.4) is 0 Å². The first-order chi connectivity index (χ1) is 15.4. The molecule has 4 rings (SSSR count). The Hall–Kier alpha value is -3.97. The van der Waals surface area contributed by atoms with Gasteiger partial charge in [-0.1, -0.05) is 41.9 Å². The van der Waals surface area contributed by atoms with E-state index in [0.29, 0.717) is 16.5 Å². The van der Waals surface area contributed by atoms with Gasteiger partial charge in [-0.15, -0.1) is 0 Å². The van der Waals surface area contributed by atoms with E-state index in [-0.39, 0.29) is 17.2 Å². The number of hydrogen-bond donors (Lipinski definition) is 1. The molecule has 0 unspecified atom stereocenters. The number of carbonyl (C=O) groups excluding carboxylic acids is 2. The number of hydrogen-bond acceptors (Lipinski definition) is 4. The van der Waals surface area contributed by atoms with Gasteiger partial charge in [0, 0.05) is 31.9 Å². The van der Waals surface area contributed by atoms with Crippen molar-refractivity contribution in [2.75, 3.05) is 19.4 Å². The molecule has 0 fully saturated rings. The lowest BCUT2D eigenvalue weighted by Gasteiger charge is -2.11. The highest BCUT2D eigenvalue weighted by molar-refractivity contribution is 6.34. The average molecular weight is 446 g/mol. The normalized spacial score (nSPS) is 10.6. The molecule has 0 aliphatic carbocycles. The second-order valence-electron chi connectivity index (χ2n) is 7.23. The molecular formula is C24H20ClN5O2. The third-order valence-electron chi connectivity index (χ3n) is 4.75. The van der Waals surface area contributed by atoms with E-state index < -0.39 is 5.91 Å². The van der Waals surface area contributed by atoms with Crippen LogP contribution >= 0.6 is 11.6 Å². The molecule has 2 aromatic carbocycles. The van der Waals surface area contributed by atoms with Gasteiger partial charge in [-0.05, 0) is 36.4 Å². The van der Waals surface area contributed by atoms with Crippen LogP contribution < -0.4 is 5.32 Å². The molecule has 0 radical (unpaired) electrons. The minimum absolute atomic E-state index is 0.211. The van der Waals surface area contributed by atoms with Crippen molar-refractivity contribution in [2.45, 2.75) is 0 Å². The monoisotopic (exact) mass is 445 g/mol. The van der Waals surface area contributed by atoms with Crippen LogP contribution in [0.1, 0.15) is 20.8 Å². The first kappa shape index (κ1) is 21.3. The largest absolute Gasteiger partial charge is 0.343 e. The van der Waals surface area contributed by atoms with Crippen molar-refractivity contribution in [1.82, 2.24) is 19.7 Å². The Balaban J connectivity index is 1.71. The Morgan fingerprint density at radius 3 is 2.41 bits per heavy atom. The first-order valence-electron chi connectivity index (χ1n) is 9.83. The molecular weight excluding hydrogens is 426 g/mol. The fourth-order valence-corrected chi connectivity index (χ4v) is 3.35. The molecule has 0 saturated carbocycles. The molecule has 0 aliphatic rings. The summed E-state index contributed by atoms with van der Waals surface area (Å²) < 4.78 is 1.52. The number of pyridine rings is 1. The lowest BCUT2D eigenvalue weighted by atomic mass is 10.1. The van der Waals surface area contributed by atoms with Gasteiger partial charge >= 0.3 is 0 Å². The Kier molecular flexibility index (Phi) is 6.00. The Labute approximate surface area is 190 Å². The van der Waals surface area contributed by atoms with Crippen molar-refractivity contribution in [2.24, 2.45) is 0 Å². The number of halogens is 1. The molecule has 2 aromatic heterocycles. The van der Waals surface area contributed by atoms with E-state index in [1.807, 2.05) is 54.6 Å². The predicted octanol–water partition coefficient (Wildman–Crippen LogP) is 4.54. The second-order valence-corrected chi connectivity index (χ2v) is 7.63. The van der Waals surface area contributed by atoms with Gasteiger partial charge in [-0.2, -0.15) is 5.10 Å². The van der Waals surface area contributed by atoms with Gasteiger partial charge in [0.2, 0.25) is 0 Å². The Morgan fingerprint density at radius 2 is 1.72 bits per heavy atom. The summed E-state index contributed by atoms with van der Waals surface area (Å²) in [6, 6.07) is 21.5. The topological polar surface area (TPSA) is 80.1 Å². The molecule has 0 atom stereocenters. The van der Waals surface area contributed by atoms with E-state index in [0.717, 1.165) is 11.3 Å². The number of rotatable bonds is 5. The minimum Gasteiger partial charge on any atom is -0.343 e. The van der Waals surface area contributed by atoms with Gasteiger partial charge in [0.05, 0.1) is 22.0 Å². The maximum absolute atomic E-state index is 13.2. The number of nitrogens with one attached hydrogen (secondary N) is 1. The summed E-state index contributed by atoms with van der Waals surface area (Å²) in [5, 5.41) is 7.55. The van der Waals surface area contributed by atoms with Crippen molar-refractivity contribution in [3.8, 4) is 16.9 Å². The number of benzene rings is 2. The molecule has 2 heterocycles. The highest BCUT2D eigenvalue weighted by Crippen LogP contribution is 2.26. The van der Waals surface area contributed by atoms with Gasteiger partial charge in [-0.3, -0.25) is 14.6 Å². The van der Waals surface area contributed by atoms with Crippen molar-refractivity contribution in [3.05, 3.63) is 95.3 Å². The number of anilines is 1. The summed E-state index contributed by atoms with van der Waals surface area (Å²) in [7, 11) is 3.29. The minimum atomic E-state index is -0.422. The Bertz CT molecular complexity index is 1270. The van der Waals surface area contributed by atoms with Crippen LogP contribution in [0.2, 0.25) is 5.02 Å². The van der Waals surface area contributed by atoms with Gasteiger partial charge < -0.3 is 10.2 Å². The number of aromatic nitrogens is 3. The zero-order valence-electron chi connectivity index (χ0n) is 17.5. The van der Waals surface area contributed by atoms with Crippen LogP contribution in [0.15, 0.2) is 79.0 Å². The number of amides is 2. The third-order valence-corrected chi connectivity index (χ3v) is 5.08. The standard InChI is InChI=1S/C24H20ClN5O2/c1-29(2)24(32)21-15-22(30(28-21)17-8-4-3-5-9-17)27-23(31)18-14-16(11-12-19(18)25)20-10-6-7-13-26-20/h3-15H,1-2H3,(H,27,31). The molecule has 160 valence electrons. The molecule has 7 nitrogen and oxygen atoms in total. The van der Waals surface area contributed by atoms with Crippen molar-refractivity contribution in [1.29, 1.82) is 0 Å². The van der Waals surface area contributed by atoms with Crippen LogP contribution in [0.5, 0.6) is 0 Å². The maximum atomic E-state index is 13.2. The average Bonchev–Trinajstić information content (AvgIpc) is 3.23. The molecule has 1 N–H and O–H groups in total. The SMILES string of the molecule is CN(C)C(=O)c1cc(NC(=O)c2cc(-c3ccccn3)ccc2Cl)n(-c2ccccc2)n1. The molecule has 2 amide bonds. The van der Waals surface area contributed by atoms with Gasteiger partial charge in [0.1, 0.15) is 5.82 Å². The predicted molar refractivity (Wildman–Crippen MR) is 124 cm³/mol. The van der Waals surface area contributed by atoms with E-state index in [4.69, 9.17) is 11.6 Å². The zero-order chi connectivity index (χ0) is 22.7. The summed E-state index contributed by atoms with van der Waals surface area (Å²) in [5.74, 6) is -0.343. The van der Waals surface area contributed by atoms with Gasteiger partial charge in [0.15, 0.2) is 5.69 Å².